The van der Waals surface area contributed by atoms with Crippen molar-refractivity contribution in [2.45, 2.75) is 110 Å². The Kier molecular flexibility index (Phi) is 14.9. The number of esters is 1. The molecule has 216 valence electrons. The number of nitrogens with zero attached hydrogens (tertiary/aromatic N) is 1. The Balaban J connectivity index is 1.37. The molecule has 0 aliphatic heterocycles. The van der Waals surface area contributed by atoms with Crippen molar-refractivity contribution in [1.82, 2.24) is 4.98 Å². The van der Waals surface area contributed by atoms with Crippen LogP contribution in [0.5, 0.6) is 11.5 Å². The van der Waals surface area contributed by atoms with Gasteiger partial charge in [-0.1, -0.05) is 103 Å². The van der Waals surface area contributed by atoms with Gasteiger partial charge in [0, 0.05) is 5.56 Å². The van der Waals surface area contributed by atoms with Crippen molar-refractivity contribution in [3.05, 3.63) is 78.0 Å². The largest absolute Gasteiger partial charge is 0.494 e. The number of unbranched alkanes of at least 4 members (excludes halogenated alkanes) is 12. The van der Waals surface area contributed by atoms with Crippen LogP contribution >= 0.6 is 0 Å². The zero-order valence-corrected chi connectivity index (χ0v) is 24.8. The fourth-order valence-electron chi connectivity index (χ4n) is 4.84. The van der Waals surface area contributed by atoms with Gasteiger partial charge in [0.25, 0.3) is 0 Å². The molecule has 0 aliphatic carbocycles. The second kappa shape index (κ2) is 19.0. The third-order valence-electron chi connectivity index (χ3n) is 7.37. The molecule has 0 fully saturated rings. The van der Waals surface area contributed by atoms with Crippen LogP contribution in [0.4, 0.5) is 0 Å². The topological polar surface area (TPSA) is 48.4 Å². The van der Waals surface area contributed by atoms with Crippen molar-refractivity contribution in [2.75, 3.05) is 6.61 Å². The van der Waals surface area contributed by atoms with Gasteiger partial charge < -0.3 is 9.47 Å². The maximum atomic E-state index is 12.6. The lowest BCUT2D eigenvalue weighted by Gasteiger charge is -2.08. The molecule has 2 aromatic carbocycles. The Morgan fingerprint density at radius 2 is 1.20 bits per heavy atom. The molecule has 40 heavy (non-hydrogen) atoms. The van der Waals surface area contributed by atoms with Gasteiger partial charge in [0.2, 0.25) is 0 Å². The molecule has 4 heteroatoms. The maximum Gasteiger partial charge on any atom is 0.343 e. The quantitative estimate of drug-likeness (QED) is 0.105. The lowest BCUT2D eigenvalue weighted by Crippen LogP contribution is -2.08. The van der Waals surface area contributed by atoms with E-state index in [1.54, 1.807) is 12.3 Å². The summed E-state index contributed by atoms with van der Waals surface area (Å²) in [5, 5.41) is 0. The number of hydrogen-bond donors (Lipinski definition) is 0. The first-order chi connectivity index (χ1) is 19.7. The minimum atomic E-state index is -0.362. The SMILES string of the molecule is CCCCCCCCCCOc1ccc(-c2ccc(OC(=O)c3ccc(CCCCCCCC)cc3)cn2)cc1. The molecule has 4 nitrogen and oxygen atoms in total. The van der Waals surface area contributed by atoms with Crippen molar-refractivity contribution in [3.63, 3.8) is 0 Å². The summed E-state index contributed by atoms with van der Waals surface area (Å²) in [6.07, 6.45) is 20.7. The van der Waals surface area contributed by atoms with E-state index in [0.717, 1.165) is 36.5 Å². The number of benzene rings is 2. The highest BCUT2D eigenvalue weighted by Crippen LogP contribution is 2.23. The summed E-state index contributed by atoms with van der Waals surface area (Å²) in [4.78, 5) is 17.1. The second-order valence-electron chi connectivity index (χ2n) is 10.8. The van der Waals surface area contributed by atoms with Crippen LogP contribution in [0, 0.1) is 0 Å². The van der Waals surface area contributed by atoms with Gasteiger partial charge in [-0.2, -0.15) is 0 Å². The van der Waals surface area contributed by atoms with Gasteiger partial charge in [-0.15, -0.1) is 0 Å². The Bertz CT molecular complexity index is 1070. The van der Waals surface area contributed by atoms with Gasteiger partial charge in [-0.05, 0) is 73.4 Å². The standard InChI is InChI=1S/C36H49NO3/c1-3-5-7-9-11-12-14-16-28-39-33-24-22-31(23-25-33)35-27-26-34(29-37-35)40-36(38)32-20-18-30(19-21-32)17-15-13-10-8-6-4-2/h18-27,29H,3-17,28H2,1-2H3. The highest BCUT2D eigenvalue weighted by atomic mass is 16.5. The van der Waals surface area contributed by atoms with Crippen LogP contribution in [0.2, 0.25) is 0 Å². The third-order valence-corrected chi connectivity index (χ3v) is 7.37. The highest BCUT2D eigenvalue weighted by molar-refractivity contribution is 5.91. The van der Waals surface area contributed by atoms with Crippen molar-refractivity contribution in [2.24, 2.45) is 0 Å². The van der Waals surface area contributed by atoms with Crippen LogP contribution < -0.4 is 9.47 Å². The van der Waals surface area contributed by atoms with E-state index in [4.69, 9.17) is 9.47 Å². The van der Waals surface area contributed by atoms with Crippen LogP contribution in [0.3, 0.4) is 0 Å². The van der Waals surface area contributed by atoms with Gasteiger partial charge in [-0.3, -0.25) is 4.98 Å². The molecule has 0 atom stereocenters. The fraction of sp³-hybridized carbons (Fsp3) is 0.500. The first-order valence-electron chi connectivity index (χ1n) is 15.7. The first-order valence-corrected chi connectivity index (χ1v) is 15.7. The third kappa shape index (κ3) is 11.9. The number of carbonyl (C=O) groups is 1. The van der Waals surface area contributed by atoms with E-state index < -0.39 is 0 Å². The second-order valence-corrected chi connectivity index (χ2v) is 10.8. The van der Waals surface area contributed by atoms with Gasteiger partial charge in [0.15, 0.2) is 0 Å². The van der Waals surface area contributed by atoms with E-state index in [1.807, 2.05) is 54.6 Å². The highest BCUT2D eigenvalue weighted by Gasteiger charge is 2.10. The molecular weight excluding hydrogens is 494 g/mol. The van der Waals surface area contributed by atoms with E-state index in [1.165, 1.54) is 89.0 Å². The first kappa shape index (κ1) is 31.4. The average molecular weight is 544 g/mol. The zero-order chi connectivity index (χ0) is 28.3. The van der Waals surface area contributed by atoms with E-state index in [-0.39, 0.29) is 5.97 Å². The molecule has 0 spiro atoms. The lowest BCUT2D eigenvalue weighted by atomic mass is 10.0. The van der Waals surface area contributed by atoms with Gasteiger partial charge in [-0.25, -0.2) is 4.79 Å². The van der Waals surface area contributed by atoms with Crippen molar-refractivity contribution in [1.29, 1.82) is 0 Å². The zero-order valence-electron chi connectivity index (χ0n) is 24.8. The molecule has 0 saturated heterocycles. The molecule has 0 unspecified atom stereocenters. The normalized spacial score (nSPS) is 10.9. The smallest absolute Gasteiger partial charge is 0.343 e. The number of ether oxygens (including phenoxy) is 2. The summed E-state index contributed by atoms with van der Waals surface area (Å²) in [5.41, 5.74) is 3.65. The molecule has 0 radical (unpaired) electrons. The molecule has 0 N–H and O–H groups in total. The molecule has 0 amide bonds. The van der Waals surface area contributed by atoms with Gasteiger partial charge in [0.1, 0.15) is 11.5 Å². The minimum Gasteiger partial charge on any atom is -0.494 e. The number of pyridine rings is 1. The molecule has 3 aromatic rings. The Morgan fingerprint density at radius 1 is 0.625 bits per heavy atom. The van der Waals surface area contributed by atoms with Crippen LogP contribution in [0.1, 0.15) is 120 Å². The van der Waals surface area contributed by atoms with Crippen molar-refractivity contribution < 1.29 is 14.3 Å². The van der Waals surface area contributed by atoms with Crippen LogP contribution in [-0.2, 0) is 6.42 Å². The summed E-state index contributed by atoms with van der Waals surface area (Å²) in [7, 11) is 0. The number of carbonyl (C=O) groups excluding carboxylic acids is 1. The molecule has 0 bridgehead atoms. The Labute approximate surface area is 242 Å². The number of hydrogen-bond acceptors (Lipinski definition) is 4. The van der Waals surface area contributed by atoms with E-state index in [2.05, 4.69) is 18.8 Å². The lowest BCUT2D eigenvalue weighted by molar-refractivity contribution is 0.0734. The summed E-state index contributed by atoms with van der Waals surface area (Å²) in [6.45, 7) is 5.26. The van der Waals surface area contributed by atoms with Gasteiger partial charge in [0.05, 0.1) is 24.1 Å². The molecule has 0 aliphatic rings. The molecule has 1 heterocycles. The van der Waals surface area contributed by atoms with E-state index in [0.29, 0.717) is 11.3 Å². The monoisotopic (exact) mass is 543 g/mol. The van der Waals surface area contributed by atoms with Crippen LogP contribution in [0.25, 0.3) is 11.3 Å². The predicted molar refractivity (Wildman–Crippen MR) is 166 cm³/mol. The van der Waals surface area contributed by atoms with Crippen molar-refractivity contribution in [3.8, 4) is 22.8 Å². The van der Waals surface area contributed by atoms with Gasteiger partial charge >= 0.3 is 5.97 Å². The van der Waals surface area contributed by atoms with E-state index in [9.17, 15) is 4.79 Å². The summed E-state index contributed by atoms with van der Waals surface area (Å²) in [6, 6.07) is 19.5. The summed E-state index contributed by atoms with van der Waals surface area (Å²) in [5.74, 6) is 0.962. The maximum absolute atomic E-state index is 12.6. The predicted octanol–water partition coefficient (Wildman–Crippen LogP) is 10.4. The van der Waals surface area contributed by atoms with Crippen LogP contribution in [0.15, 0.2) is 66.9 Å². The minimum absolute atomic E-state index is 0.362. The Hall–Kier alpha value is -3.14. The fourth-order valence-corrected chi connectivity index (χ4v) is 4.84. The van der Waals surface area contributed by atoms with Crippen LogP contribution in [-0.4, -0.2) is 17.6 Å². The molecule has 3 rings (SSSR count). The van der Waals surface area contributed by atoms with E-state index >= 15 is 0 Å². The molecule has 1 aromatic heterocycles. The molecule has 0 saturated carbocycles. The molecular formula is C36H49NO3. The number of aromatic nitrogens is 1. The summed E-state index contributed by atoms with van der Waals surface area (Å²) >= 11 is 0. The average Bonchev–Trinajstić information content (AvgIpc) is 2.99. The van der Waals surface area contributed by atoms with Crippen molar-refractivity contribution >= 4 is 5.97 Å². The summed E-state index contributed by atoms with van der Waals surface area (Å²) < 4.78 is 11.5. The number of aryl methyl sites for hydroxylation is 1. The Morgan fingerprint density at radius 3 is 1.80 bits per heavy atom. The number of rotatable bonds is 20.